The van der Waals surface area contributed by atoms with Crippen LogP contribution in [0.25, 0.3) is 11.4 Å². The first-order valence-electron chi connectivity index (χ1n) is 6.06. The van der Waals surface area contributed by atoms with E-state index < -0.39 is 5.82 Å². The molecule has 0 amide bonds. The highest BCUT2D eigenvalue weighted by Gasteiger charge is 2.18. The quantitative estimate of drug-likeness (QED) is 0.918. The fraction of sp³-hybridized carbons (Fsp3) is 0.385. The Morgan fingerprint density at radius 1 is 1.37 bits per heavy atom. The number of rotatable bonds is 4. The number of aromatic nitrogens is 3. The molecule has 0 spiro atoms. The minimum Gasteiger partial charge on any atom is -0.497 e. The fourth-order valence-electron chi connectivity index (χ4n) is 1.99. The van der Waals surface area contributed by atoms with Crippen molar-refractivity contribution in [3.8, 4) is 17.1 Å². The van der Waals surface area contributed by atoms with Crippen LogP contribution in [0.5, 0.6) is 5.75 Å². The van der Waals surface area contributed by atoms with E-state index in [4.69, 9.17) is 10.5 Å². The number of methoxy groups -OCH3 is 1. The first-order valence-corrected chi connectivity index (χ1v) is 6.06. The second-order valence-corrected chi connectivity index (χ2v) is 4.45. The van der Waals surface area contributed by atoms with Gasteiger partial charge >= 0.3 is 0 Å². The molecular weight excluding hydrogens is 247 g/mol. The topological polar surface area (TPSA) is 66.0 Å². The van der Waals surface area contributed by atoms with Crippen molar-refractivity contribution in [2.75, 3.05) is 7.11 Å². The molecule has 0 saturated heterocycles. The maximum Gasteiger partial charge on any atom is 0.167 e. The average Bonchev–Trinajstić information content (AvgIpc) is 2.82. The molecule has 1 aromatic carbocycles. The Labute approximate surface area is 111 Å². The van der Waals surface area contributed by atoms with E-state index in [1.165, 1.54) is 13.2 Å². The second kappa shape index (κ2) is 5.36. The summed E-state index contributed by atoms with van der Waals surface area (Å²) < 4.78 is 20.9. The molecule has 0 fully saturated rings. The largest absolute Gasteiger partial charge is 0.497 e. The monoisotopic (exact) mass is 264 g/mol. The van der Waals surface area contributed by atoms with Gasteiger partial charge in [-0.25, -0.2) is 4.39 Å². The number of nitrogens with two attached hydrogens (primary N) is 1. The van der Waals surface area contributed by atoms with Crippen LogP contribution >= 0.6 is 0 Å². The summed E-state index contributed by atoms with van der Waals surface area (Å²) in [6.07, 6.45) is 0. The molecule has 2 N–H and O–H groups in total. The van der Waals surface area contributed by atoms with Crippen molar-refractivity contribution in [2.45, 2.75) is 26.4 Å². The van der Waals surface area contributed by atoms with E-state index in [1.807, 2.05) is 18.4 Å². The van der Waals surface area contributed by atoms with E-state index >= 15 is 0 Å². The standard InChI is InChI=1S/C13H17FN4O/c1-8(2)18-12(7-15)16-17-13(18)10-5-4-9(19-3)6-11(10)14/h4-6,8H,7,15H2,1-3H3. The third kappa shape index (κ3) is 2.44. The Kier molecular flexibility index (Phi) is 3.80. The molecule has 6 heteroatoms. The molecule has 2 aromatic rings. The first kappa shape index (κ1) is 13.5. The van der Waals surface area contributed by atoms with Gasteiger partial charge in [0.25, 0.3) is 0 Å². The molecule has 5 nitrogen and oxygen atoms in total. The van der Waals surface area contributed by atoms with Crippen molar-refractivity contribution >= 4 is 0 Å². The first-order chi connectivity index (χ1) is 9.08. The average molecular weight is 264 g/mol. The second-order valence-electron chi connectivity index (χ2n) is 4.45. The van der Waals surface area contributed by atoms with Crippen LogP contribution in [0.15, 0.2) is 18.2 Å². The zero-order chi connectivity index (χ0) is 14.0. The Morgan fingerprint density at radius 2 is 2.11 bits per heavy atom. The highest BCUT2D eigenvalue weighted by atomic mass is 19.1. The molecule has 0 bridgehead atoms. The summed E-state index contributed by atoms with van der Waals surface area (Å²) in [5.74, 6) is 1.20. The van der Waals surface area contributed by atoms with Crippen molar-refractivity contribution in [3.63, 3.8) is 0 Å². The molecule has 1 aromatic heterocycles. The van der Waals surface area contributed by atoms with Gasteiger partial charge in [0.1, 0.15) is 17.4 Å². The number of halogens is 1. The number of benzene rings is 1. The zero-order valence-corrected chi connectivity index (χ0v) is 11.2. The highest BCUT2D eigenvalue weighted by Crippen LogP contribution is 2.27. The zero-order valence-electron chi connectivity index (χ0n) is 11.2. The maximum atomic E-state index is 14.1. The van der Waals surface area contributed by atoms with Crippen molar-refractivity contribution < 1.29 is 9.13 Å². The molecule has 0 unspecified atom stereocenters. The molecule has 0 radical (unpaired) electrons. The summed E-state index contributed by atoms with van der Waals surface area (Å²) in [5.41, 5.74) is 6.02. The van der Waals surface area contributed by atoms with Crippen LogP contribution < -0.4 is 10.5 Å². The predicted octanol–water partition coefficient (Wildman–Crippen LogP) is 2.13. The van der Waals surface area contributed by atoms with Crippen molar-refractivity contribution in [1.29, 1.82) is 0 Å². The number of nitrogens with zero attached hydrogens (tertiary/aromatic N) is 3. The minimum atomic E-state index is -0.391. The molecule has 19 heavy (non-hydrogen) atoms. The lowest BCUT2D eigenvalue weighted by Gasteiger charge is -2.14. The van der Waals surface area contributed by atoms with E-state index in [-0.39, 0.29) is 12.6 Å². The van der Waals surface area contributed by atoms with Gasteiger partial charge in [-0.15, -0.1) is 10.2 Å². The van der Waals surface area contributed by atoms with Gasteiger partial charge < -0.3 is 15.0 Å². The number of hydrogen-bond donors (Lipinski definition) is 1. The SMILES string of the molecule is COc1ccc(-c2nnc(CN)n2C(C)C)c(F)c1. The lowest BCUT2D eigenvalue weighted by molar-refractivity contribution is 0.411. The summed E-state index contributed by atoms with van der Waals surface area (Å²) in [4.78, 5) is 0. The number of ether oxygens (including phenoxy) is 1. The van der Waals surface area contributed by atoms with Crippen molar-refractivity contribution in [2.24, 2.45) is 5.73 Å². The summed E-state index contributed by atoms with van der Waals surface area (Å²) >= 11 is 0. The van der Waals surface area contributed by atoms with Gasteiger partial charge in [-0.2, -0.15) is 0 Å². The third-order valence-electron chi connectivity index (χ3n) is 2.88. The molecule has 0 atom stereocenters. The van der Waals surface area contributed by atoms with Gasteiger partial charge in [-0.1, -0.05) is 0 Å². The summed E-state index contributed by atoms with van der Waals surface area (Å²) in [5, 5.41) is 8.05. The minimum absolute atomic E-state index is 0.102. The van der Waals surface area contributed by atoms with Crippen LogP contribution in [0.2, 0.25) is 0 Å². The van der Waals surface area contributed by atoms with Crippen LogP contribution in [-0.4, -0.2) is 21.9 Å². The maximum absolute atomic E-state index is 14.1. The third-order valence-corrected chi connectivity index (χ3v) is 2.88. The van der Waals surface area contributed by atoms with E-state index in [2.05, 4.69) is 10.2 Å². The van der Waals surface area contributed by atoms with Crippen LogP contribution in [0, 0.1) is 5.82 Å². The van der Waals surface area contributed by atoms with Gasteiger partial charge in [0.15, 0.2) is 5.82 Å². The molecule has 0 saturated carbocycles. The van der Waals surface area contributed by atoms with E-state index in [9.17, 15) is 4.39 Å². The van der Waals surface area contributed by atoms with Gasteiger partial charge in [0.05, 0.1) is 19.2 Å². The molecule has 0 aliphatic carbocycles. The Morgan fingerprint density at radius 3 is 2.63 bits per heavy atom. The smallest absolute Gasteiger partial charge is 0.167 e. The molecular formula is C13H17FN4O. The summed E-state index contributed by atoms with van der Waals surface area (Å²) in [6.45, 7) is 4.23. The summed E-state index contributed by atoms with van der Waals surface area (Å²) in [7, 11) is 1.50. The van der Waals surface area contributed by atoms with Gasteiger partial charge in [-0.3, -0.25) is 0 Å². The summed E-state index contributed by atoms with van der Waals surface area (Å²) in [6, 6.07) is 4.76. The van der Waals surface area contributed by atoms with Crippen LogP contribution in [0.3, 0.4) is 0 Å². The lowest BCUT2D eigenvalue weighted by atomic mass is 10.1. The van der Waals surface area contributed by atoms with Gasteiger partial charge in [0, 0.05) is 12.1 Å². The molecule has 1 heterocycles. The molecule has 0 aliphatic rings. The van der Waals surface area contributed by atoms with Crippen LogP contribution in [0.1, 0.15) is 25.7 Å². The molecule has 0 aliphatic heterocycles. The molecule has 102 valence electrons. The molecule has 2 rings (SSSR count). The fourth-order valence-corrected chi connectivity index (χ4v) is 1.99. The normalized spacial score (nSPS) is 11.1. The van der Waals surface area contributed by atoms with Crippen LogP contribution in [-0.2, 0) is 6.54 Å². The highest BCUT2D eigenvalue weighted by molar-refractivity contribution is 5.58. The Bertz CT molecular complexity index is 580. The Hall–Kier alpha value is -1.95. The van der Waals surface area contributed by atoms with E-state index in [1.54, 1.807) is 12.1 Å². The predicted molar refractivity (Wildman–Crippen MR) is 70.2 cm³/mol. The van der Waals surface area contributed by atoms with Gasteiger partial charge in [0.2, 0.25) is 0 Å². The van der Waals surface area contributed by atoms with Crippen molar-refractivity contribution in [1.82, 2.24) is 14.8 Å². The van der Waals surface area contributed by atoms with E-state index in [0.29, 0.717) is 23.0 Å². The van der Waals surface area contributed by atoms with Gasteiger partial charge in [-0.05, 0) is 26.0 Å². The lowest BCUT2D eigenvalue weighted by Crippen LogP contribution is -2.12. The van der Waals surface area contributed by atoms with Crippen molar-refractivity contribution in [3.05, 3.63) is 29.8 Å². The van der Waals surface area contributed by atoms with E-state index in [0.717, 1.165) is 0 Å². The Balaban J connectivity index is 2.56. The van der Waals surface area contributed by atoms with Crippen LogP contribution in [0.4, 0.5) is 4.39 Å². The number of hydrogen-bond acceptors (Lipinski definition) is 4.